The molecule has 0 spiro atoms. The van der Waals surface area contributed by atoms with Crippen molar-refractivity contribution in [2.75, 3.05) is 5.32 Å². The van der Waals surface area contributed by atoms with Crippen molar-refractivity contribution < 1.29 is 4.79 Å². The standard InChI is InChI=1S/C17H25N5O/c1-11-14(12(2)20-19-11)9-17(23)18-16-10-15(21-22(16)3)13-7-5-4-6-8-13/h10,13H,4-9H2,1-3H3,(H,18,23)(H,19,20). The molecule has 3 rings (SSSR count). The molecule has 0 unspecified atom stereocenters. The molecule has 6 nitrogen and oxygen atoms in total. The molecular formula is C17H25N5O. The van der Waals surface area contributed by atoms with E-state index in [9.17, 15) is 4.79 Å². The van der Waals surface area contributed by atoms with Crippen LogP contribution in [-0.2, 0) is 18.3 Å². The highest BCUT2D eigenvalue weighted by atomic mass is 16.1. The van der Waals surface area contributed by atoms with Crippen molar-refractivity contribution in [3.8, 4) is 0 Å². The zero-order valence-corrected chi connectivity index (χ0v) is 14.1. The number of nitrogens with zero attached hydrogens (tertiary/aromatic N) is 3. The average molecular weight is 315 g/mol. The third kappa shape index (κ3) is 3.46. The molecule has 2 N–H and O–H groups in total. The summed E-state index contributed by atoms with van der Waals surface area (Å²) < 4.78 is 1.77. The van der Waals surface area contributed by atoms with Gasteiger partial charge in [-0.1, -0.05) is 19.3 Å². The molecule has 0 aromatic carbocycles. The number of anilines is 1. The Labute approximate surface area is 136 Å². The van der Waals surface area contributed by atoms with Gasteiger partial charge in [-0.05, 0) is 26.7 Å². The first kappa shape index (κ1) is 15.8. The fourth-order valence-electron chi connectivity index (χ4n) is 3.39. The molecule has 6 heteroatoms. The Bertz CT molecular complexity index is 674. The zero-order chi connectivity index (χ0) is 16.4. The second-order valence-corrected chi connectivity index (χ2v) is 6.55. The fraction of sp³-hybridized carbons (Fsp3) is 0.588. The quantitative estimate of drug-likeness (QED) is 0.910. The Morgan fingerprint density at radius 2 is 2.09 bits per heavy atom. The molecule has 1 saturated carbocycles. The van der Waals surface area contributed by atoms with Gasteiger partial charge >= 0.3 is 0 Å². The first-order valence-electron chi connectivity index (χ1n) is 8.39. The van der Waals surface area contributed by atoms with Gasteiger partial charge in [0.25, 0.3) is 0 Å². The minimum Gasteiger partial charge on any atom is -0.311 e. The van der Waals surface area contributed by atoms with Gasteiger partial charge in [0.15, 0.2) is 0 Å². The molecule has 1 fully saturated rings. The van der Waals surface area contributed by atoms with Crippen LogP contribution in [0.1, 0.15) is 60.7 Å². The Hall–Kier alpha value is -2.11. The van der Waals surface area contributed by atoms with Crippen LogP contribution in [0, 0.1) is 13.8 Å². The van der Waals surface area contributed by atoms with E-state index in [2.05, 4.69) is 20.6 Å². The monoisotopic (exact) mass is 315 g/mol. The van der Waals surface area contributed by atoms with Crippen molar-refractivity contribution in [3.63, 3.8) is 0 Å². The average Bonchev–Trinajstić information content (AvgIpc) is 3.06. The number of hydrogen-bond acceptors (Lipinski definition) is 3. The van der Waals surface area contributed by atoms with Gasteiger partial charge in [-0.3, -0.25) is 14.6 Å². The first-order chi connectivity index (χ1) is 11.0. The molecule has 2 heterocycles. The molecule has 0 atom stereocenters. The topological polar surface area (TPSA) is 75.6 Å². The van der Waals surface area contributed by atoms with Crippen LogP contribution < -0.4 is 5.32 Å². The third-order valence-electron chi connectivity index (χ3n) is 4.81. The minimum atomic E-state index is -0.0317. The summed E-state index contributed by atoms with van der Waals surface area (Å²) in [4.78, 5) is 12.3. The number of carbonyl (C=O) groups is 1. The number of carbonyl (C=O) groups excluding carboxylic acids is 1. The molecule has 0 bridgehead atoms. The highest BCUT2D eigenvalue weighted by Gasteiger charge is 2.20. The predicted molar refractivity (Wildman–Crippen MR) is 89.4 cm³/mol. The van der Waals surface area contributed by atoms with Crippen LogP contribution in [0.3, 0.4) is 0 Å². The van der Waals surface area contributed by atoms with E-state index in [1.54, 1.807) is 4.68 Å². The number of rotatable bonds is 4. The lowest BCUT2D eigenvalue weighted by molar-refractivity contribution is -0.115. The lowest BCUT2D eigenvalue weighted by Crippen LogP contribution is -2.17. The van der Waals surface area contributed by atoms with Crippen molar-refractivity contribution in [3.05, 3.63) is 28.7 Å². The van der Waals surface area contributed by atoms with E-state index in [4.69, 9.17) is 0 Å². The first-order valence-corrected chi connectivity index (χ1v) is 8.39. The molecule has 0 saturated heterocycles. The maximum absolute atomic E-state index is 12.3. The molecule has 1 amide bonds. The number of aromatic nitrogens is 4. The molecule has 1 aliphatic rings. The summed E-state index contributed by atoms with van der Waals surface area (Å²) in [7, 11) is 1.89. The highest BCUT2D eigenvalue weighted by molar-refractivity contribution is 5.91. The van der Waals surface area contributed by atoms with E-state index in [1.165, 1.54) is 32.1 Å². The molecule has 0 aliphatic heterocycles. The maximum atomic E-state index is 12.3. The largest absolute Gasteiger partial charge is 0.311 e. The second kappa shape index (κ2) is 6.56. The molecule has 2 aromatic rings. The van der Waals surface area contributed by atoms with Gasteiger partial charge in [-0.25, -0.2) is 0 Å². The normalized spacial score (nSPS) is 15.8. The summed E-state index contributed by atoms with van der Waals surface area (Å²) in [6.45, 7) is 3.85. The zero-order valence-electron chi connectivity index (χ0n) is 14.1. The third-order valence-corrected chi connectivity index (χ3v) is 4.81. The van der Waals surface area contributed by atoms with E-state index in [-0.39, 0.29) is 5.91 Å². The van der Waals surface area contributed by atoms with Crippen molar-refractivity contribution in [2.24, 2.45) is 7.05 Å². The van der Waals surface area contributed by atoms with Crippen LogP contribution >= 0.6 is 0 Å². The molecule has 0 radical (unpaired) electrons. The van der Waals surface area contributed by atoms with Crippen LogP contribution in [-0.4, -0.2) is 25.9 Å². The minimum absolute atomic E-state index is 0.0317. The fourth-order valence-corrected chi connectivity index (χ4v) is 3.39. The van der Waals surface area contributed by atoms with Gasteiger partial charge in [0.1, 0.15) is 5.82 Å². The Morgan fingerprint density at radius 3 is 2.74 bits per heavy atom. The van der Waals surface area contributed by atoms with Gasteiger partial charge in [0, 0.05) is 30.3 Å². The highest BCUT2D eigenvalue weighted by Crippen LogP contribution is 2.32. The van der Waals surface area contributed by atoms with Gasteiger partial charge in [0.05, 0.1) is 17.8 Å². The van der Waals surface area contributed by atoms with Gasteiger partial charge in [0.2, 0.25) is 5.91 Å². The van der Waals surface area contributed by atoms with E-state index in [1.807, 2.05) is 27.0 Å². The molecule has 1 aliphatic carbocycles. The Balaban J connectivity index is 1.67. The summed E-state index contributed by atoms with van der Waals surface area (Å²) in [6.07, 6.45) is 6.63. The molecule has 23 heavy (non-hydrogen) atoms. The summed E-state index contributed by atoms with van der Waals surface area (Å²) in [5, 5.41) is 14.6. The van der Waals surface area contributed by atoms with Crippen molar-refractivity contribution in [1.29, 1.82) is 0 Å². The van der Waals surface area contributed by atoms with Crippen molar-refractivity contribution in [2.45, 2.75) is 58.3 Å². The van der Waals surface area contributed by atoms with Crippen LogP contribution in [0.4, 0.5) is 5.82 Å². The summed E-state index contributed by atoms with van der Waals surface area (Å²) in [5.41, 5.74) is 3.91. The molecular weight excluding hydrogens is 290 g/mol. The SMILES string of the molecule is Cc1n[nH]c(C)c1CC(=O)Nc1cc(C2CCCCC2)nn1C. The number of amides is 1. The van der Waals surface area contributed by atoms with Crippen molar-refractivity contribution in [1.82, 2.24) is 20.0 Å². The Morgan fingerprint density at radius 1 is 1.35 bits per heavy atom. The number of aryl methyl sites for hydroxylation is 3. The van der Waals surface area contributed by atoms with Crippen LogP contribution in [0.2, 0.25) is 0 Å². The number of aromatic amines is 1. The predicted octanol–water partition coefficient (Wildman–Crippen LogP) is 2.99. The molecule has 2 aromatic heterocycles. The second-order valence-electron chi connectivity index (χ2n) is 6.55. The van der Waals surface area contributed by atoms with E-state index in [0.29, 0.717) is 12.3 Å². The molecule has 124 valence electrons. The summed E-state index contributed by atoms with van der Waals surface area (Å²) >= 11 is 0. The lowest BCUT2D eigenvalue weighted by atomic mass is 9.87. The van der Waals surface area contributed by atoms with Crippen molar-refractivity contribution >= 4 is 11.7 Å². The number of hydrogen-bond donors (Lipinski definition) is 2. The van der Waals surface area contributed by atoms with Gasteiger partial charge in [-0.15, -0.1) is 0 Å². The van der Waals surface area contributed by atoms with Gasteiger partial charge in [-0.2, -0.15) is 10.2 Å². The smallest absolute Gasteiger partial charge is 0.230 e. The maximum Gasteiger partial charge on any atom is 0.230 e. The van der Waals surface area contributed by atoms with E-state index < -0.39 is 0 Å². The van der Waals surface area contributed by atoms with Crippen LogP contribution in [0.25, 0.3) is 0 Å². The summed E-state index contributed by atoms with van der Waals surface area (Å²) in [5.74, 6) is 1.28. The van der Waals surface area contributed by atoms with Crippen LogP contribution in [0.15, 0.2) is 6.07 Å². The number of nitrogens with one attached hydrogen (secondary N) is 2. The summed E-state index contributed by atoms with van der Waals surface area (Å²) in [6, 6.07) is 2.03. The lowest BCUT2D eigenvalue weighted by Gasteiger charge is -2.19. The van der Waals surface area contributed by atoms with Crippen LogP contribution in [0.5, 0.6) is 0 Å². The number of H-pyrrole nitrogens is 1. The van der Waals surface area contributed by atoms with E-state index >= 15 is 0 Å². The van der Waals surface area contributed by atoms with E-state index in [0.717, 1.165) is 28.5 Å². The van der Waals surface area contributed by atoms with Gasteiger partial charge < -0.3 is 5.32 Å². The Kier molecular flexibility index (Phi) is 4.50.